The van der Waals surface area contributed by atoms with E-state index in [0.717, 1.165) is 5.56 Å². The van der Waals surface area contributed by atoms with Crippen LogP contribution in [0.5, 0.6) is 0 Å². The molecule has 1 atom stereocenters. The van der Waals surface area contributed by atoms with Gasteiger partial charge in [-0.05, 0) is 55.4 Å². The van der Waals surface area contributed by atoms with E-state index in [1.165, 1.54) is 25.3 Å². The Balaban J connectivity index is 1.99. The van der Waals surface area contributed by atoms with Crippen LogP contribution in [-0.2, 0) is 14.8 Å². The Morgan fingerprint density at radius 3 is 2.27 bits per heavy atom. The Morgan fingerprint density at radius 2 is 1.73 bits per heavy atom. The Labute approximate surface area is 153 Å². The van der Waals surface area contributed by atoms with Crippen LogP contribution in [0.15, 0.2) is 59.5 Å². The predicted molar refractivity (Wildman–Crippen MR) is 99.4 cm³/mol. The van der Waals surface area contributed by atoms with Gasteiger partial charge in [0.05, 0.1) is 22.6 Å². The van der Waals surface area contributed by atoms with Crippen LogP contribution in [0.4, 0.5) is 0 Å². The van der Waals surface area contributed by atoms with Gasteiger partial charge in [0.2, 0.25) is 15.9 Å². The zero-order valence-electron chi connectivity index (χ0n) is 14.4. The maximum absolute atomic E-state index is 12.0. The molecule has 0 heterocycles. The van der Waals surface area contributed by atoms with Crippen molar-refractivity contribution in [2.24, 2.45) is 0 Å². The van der Waals surface area contributed by atoms with Crippen LogP contribution in [0, 0.1) is 11.3 Å². The van der Waals surface area contributed by atoms with Crippen LogP contribution in [-0.4, -0.2) is 21.4 Å². The number of sulfonamides is 1. The molecule has 0 fully saturated rings. The van der Waals surface area contributed by atoms with E-state index in [0.29, 0.717) is 11.1 Å². The molecule has 0 aromatic heterocycles. The van der Waals surface area contributed by atoms with E-state index >= 15 is 0 Å². The zero-order valence-corrected chi connectivity index (χ0v) is 15.2. The lowest BCUT2D eigenvalue weighted by atomic mass is 10.1. The van der Waals surface area contributed by atoms with E-state index in [2.05, 4.69) is 10.0 Å². The second kappa shape index (κ2) is 8.43. The first-order valence-electron chi connectivity index (χ1n) is 7.88. The molecule has 0 aliphatic heterocycles. The average molecular weight is 369 g/mol. The highest BCUT2D eigenvalue weighted by Gasteiger charge is 2.10. The first-order valence-corrected chi connectivity index (χ1v) is 9.36. The second-order valence-electron chi connectivity index (χ2n) is 5.57. The third kappa shape index (κ3) is 5.02. The van der Waals surface area contributed by atoms with E-state index in [1.807, 2.05) is 13.0 Å². The van der Waals surface area contributed by atoms with Crippen molar-refractivity contribution in [1.82, 2.24) is 10.0 Å². The highest BCUT2D eigenvalue weighted by Crippen LogP contribution is 2.14. The number of benzene rings is 2. The third-order valence-electron chi connectivity index (χ3n) is 3.78. The van der Waals surface area contributed by atoms with Gasteiger partial charge in [-0.1, -0.05) is 24.3 Å². The molecule has 0 bridgehead atoms. The molecule has 1 amide bonds. The lowest BCUT2D eigenvalue weighted by Gasteiger charge is -2.12. The minimum atomic E-state index is -3.47. The van der Waals surface area contributed by atoms with Crippen molar-refractivity contribution in [1.29, 1.82) is 5.26 Å². The summed E-state index contributed by atoms with van der Waals surface area (Å²) in [6.45, 7) is 1.85. The summed E-state index contributed by atoms with van der Waals surface area (Å²) >= 11 is 0. The van der Waals surface area contributed by atoms with Crippen LogP contribution in [0.25, 0.3) is 6.08 Å². The van der Waals surface area contributed by atoms with Crippen molar-refractivity contribution in [3.05, 3.63) is 71.3 Å². The molecule has 2 aromatic carbocycles. The summed E-state index contributed by atoms with van der Waals surface area (Å²) in [5, 5.41) is 11.6. The van der Waals surface area contributed by atoms with Crippen molar-refractivity contribution < 1.29 is 13.2 Å². The average Bonchev–Trinajstić information content (AvgIpc) is 2.66. The molecule has 2 aromatic rings. The molecule has 1 unspecified atom stereocenters. The molecule has 134 valence electrons. The number of carbonyl (C=O) groups is 1. The number of rotatable bonds is 6. The molecule has 2 N–H and O–H groups in total. The number of nitrogens with one attached hydrogen (secondary N) is 2. The standard InChI is InChI=1S/C19H19N3O3S/c1-14(17-8-3-16(13-20)4-9-17)22-19(23)12-7-15-5-10-18(11-6-15)26(24,25)21-2/h3-12,14,21H,1-2H3,(H,22,23)/b12-7+. The second-order valence-corrected chi connectivity index (χ2v) is 7.46. The molecule has 0 spiro atoms. The summed E-state index contributed by atoms with van der Waals surface area (Å²) < 4.78 is 25.6. The monoisotopic (exact) mass is 369 g/mol. The molecule has 0 radical (unpaired) electrons. The van der Waals surface area contributed by atoms with Gasteiger partial charge in [-0.3, -0.25) is 4.79 Å². The molecule has 6 nitrogen and oxygen atoms in total. The molecular weight excluding hydrogens is 350 g/mol. The number of amides is 1. The van der Waals surface area contributed by atoms with E-state index in [-0.39, 0.29) is 16.8 Å². The van der Waals surface area contributed by atoms with Gasteiger partial charge in [0, 0.05) is 6.08 Å². The fraction of sp³-hybridized carbons (Fsp3) is 0.158. The first-order chi connectivity index (χ1) is 12.4. The van der Waals surface area contributed by atoms with Gasteiger partial charge in [0.1, 0.15) is 0 Å². The maximum Gasteiger partial charge on any atom is 0.244 e. The Bertz CT molecular complexity index is 941. The number of nitrogens with zero attached hydrogens (tertiary/aromatic N) is 1. The van der Waals surface area contributed by atoms with Crippen LogP contribution >= 0.6 is 0 Å². The summed E-state index contributed by atoms with van der Waals surface area (Å²) in [5.41, 5.74) is 2.17. The molecule has 2 rings (SSSR count). The van der Waals surface area contributed by atoms with E-state index in [9.17, 15) is 13.2 Å². The van der Waals surface area contributed by atoms with Crippen molar-refractivity contribution in [3.8, 4) is 6.07 Å². The fourth-order valence-electron chi connectivity index (χ4n) is 2.24. The smallest absolute Gasteiger partial charge is 0.244 e. The summed E-state index contributed by atoms with van der Waals surface area (Å²) in [4.78, 5) is 12.2. The molecular formula is C19H19N3O3S. The van der Waals surface area contributed by atoms with Gasteiger partial charge in [0.25, 0.3) is 0 Å². The fourth-order valence-corrected chi connectivity index (χ4v) is 2.97. The van der Waals surface area contributed by atoms with Crippen molar-refractivity contribution in [3.63, 3.8) is 0 Å². The van der Waals surface area contributed by atoms with E-state index in [4.69, 9.17) is 5.26 Å². The minimum Gasteiger partial charge on any atom is -0.346 e. The number of hydrogen-bond acceptors (Lipinski definition) is 4. The summed E-state index contributed by atoms with van der Waals surface area (Å²) in [5.74, 6) is -0.270. The quantitative estimate of drug-likeness (QED) is 0.764. The summed E-state index contributed by atoms with van der Waals surface area (Å²) in [6, 6.07) is 15.0. The van der Waals surface area contributed by atoms with Crippen LogP contribution in [0.1, 0.15) is 29.7 Å². The number of hydrogen-bond donors (Lipinski definition) is 2. The van der Waals surface area contributed by atoms with Crippen molar-refractivity contribution in [2.75, 3.05) is 7.05 Å². The van der Waals surface area contributed by atoms with Gasteiger partial charge < -0.3 is 5.32 Å². The highest BCUT2D eigenvalue weighted by molar-refractivity contribution is 7.89. The molecule has 26 heavy (non-hydrogen) atoms. The Morgan fingerprint density at radius 1 is 1.12 bits per heavy atom. The SMILES string of the molecule is CNS(=O)(=O)c1ccc(/C=C/C(=O)NC(C)c2ccc(C#N)cc2)cc1. The maximum atomic E-state index is 12.0. The summed E-state index contributed by atoms with van der Waals surface area (Å²) in [6.07, 6.45) is 3.00. The van der Waals surface area contributed by atoms with Crippen LogP contribution in [0.2, 0.25) is 0 Å². The van der Waals surface area contributed by atoms with Gasteiger partial charge in [0.15, 0.2) is 0 Å². The van der Waals surface area contributed by atoms with E-state index < -0.39 is 10.0 Å². The van der Waals surface area contributed by atoms with Crippen LogP contribution < -0.4 is 10.0 Å². The third-order valence-corrected chi connectivity index (χ3v) is 5.22. The first kappa shape index (κ1) is 19.4. The van der Waals surface area contributed by atoms with E-state index in [1.54, 1.807) is 42.5 Å². The minimum absolute atomic E-state index is 0.163. The van der Waals surface area contributed by atoms with Crippen molar-refractivity contribution >= 4 is 22.0 Å². The molecule has 0 saturated heterocycles. The zero-order chi connectivity index (χ0) is 19.2. The van der Waals surface area contributed by atoms with Gasteiger partial charge in [-0.25, -0.2) is 13.1 Å². The molecule has 0 aliphatic rings. The lowest BCUT2D eigenvalue weighted by Crippen LogP contribution is -2.24. The topological polar surface area (TPSA) is 99.1 Å². The Hall–Kier alpha value is -2.95. The van der Waals surface area contributed by atoms with Gasteiger partial charge in [-0.2, -0.15) is 5.26 Å². The lowest BCUT2D eigenvalue weighted by molar-refractivity contribution is -0.117. The predicted octanol–water partition coefficient (Wildman–Crippen LogP) is 2.36. The molecule has 7 heteroatoms. The molecule has 0 saturated carbocycles. The highest BCUT2D eigenvalue weighted by atomic mass is 32.2. The van der Waals surface area contributed by atoms with Gasteiger partial charge in [-0.15, -0.1) is 0 Å². The number of carbonyl (C=O) groups excluding carboxylic acids is 1. The van der Waals surface area contributed by atoms with Crippen molar-refractivity contribution in [2.45, 2.75) is 17.9 Å². The van der Waals surface area contributed by atoms with Gasteiger partial charge >= 0.3 is 0 Å². The number of nitriles is 1. The Kier molecular flexibility index (Phi) is 6.28. The summed E-state index contributed by atoms with van der Waals surface area (Å²) in [7, 11) is -2.12. The largest absolute Gasteiger partial charge is 0.346 e. The normalized spacial score (nSPS) is 12.5. The molecule has 0 aliphatic carbocycles. The van der Waals surface area contributed by atoms with Crippen LogP contribution in [0.3, 0.4) is 0 Å².